The van der Waals surface area contributed by atoms with Crippen molar-refractivity contribution in [3.8, 4) is 0 Å². The molecule has 0 amide bonds. The van der Waals surface area contributed by atoms with E-state index in [1.807, 2.05) is 0 Å². The van der Waals surface area contributed by atoms with Crippen molar-refractivity contribution in [2.45, 2.75) is 0 Å². The molecular formula is HCuMnNaOTiZn. The summed E-state index contributed by atoms with van der Waals surface area (Å²) in [4.78, 5) is 0. The predicted molar refractivity (Wildman–Crippen MR) is 7.84 cm³/mol. The van der Waals surface area contributed by atoms with Crippen LogP contribution in [0.4, 0.5) is 0 Å². The van der Waals surface area contributed by atoms with Gasteiger partial charge in [-0.1, -0.05) is 0 Å². The van der Waals surface area contributed by atoms with Gasteiger partial charge in [-0.3, -0.25) is 0 Å². The van der Waals surface area contributed by atoms with E-state index in [9.17, 15) is 0 Å². The average molecular weight is 272 g/mol. The fourth-order valence-corrected chi connectivity index (χ4v) is 0. The van der Waals surface area contributed by atoms with Gasteiger partial charge < -0.3 is 0 Å². The Labute approximate surface area is 105 Å². The molecule has 0 bridgehead atoms. The first-order valence-corrected chi connectivity index (χ1v) is 0.842. The molecular weight excluding hydrogens is 271 g/mol. The first kappa shape index (κ1) is 35.2. The first-order chi connectivity index (χ1) is 1.00. The maximum atomic E-state index is 8.25. The summed E-state index contributed by atoms with van der Waals surface area (Å²) < 4.78 is 8.25. The molecule has 6 heavy (non-hydrogen) atoms. The summed E-state index contributed by atoms with van der Waals surface area (Å²) in [5.41, 5.74) is 0. The predicted octanol–water partition coefficient (Wildman–Crippen LogP) is -0.777. The van der Waals surface area contributed by atoms with Gasteiger partial charge in [0.25, 0.3) is 0 Å². The Morgan fingerprint density at radius 1 is 1.17 bits per heavy atom. The fourth-order valence-electron chi connectivity index (χ4n) is 0. The molecule has 0 spiro atoms. The van der Waals surface area contributed by atoms with Crippen LogP contribution in [0, 0.1) is 0 Å². The minimum atomic E-state index is 0. The third kappa shape index (κ3) is 27.1. The summed E-state index contributed by atoms with van der Waals surface area (Å²) >= 11 is 0.750. The van der Waals surface area contributed by atoms with Crippen LogP contribution >= 0.6 is 0 Å². The van der Waals surface area contributed by atoms with Crippen LogP contribution in [0.3, 0.4) is 0 Å². The van der Waals surface area contributed by atoms with Gasteiger partial charge in [-0.25, -0.2) is 0 Å². The Hall–Kier alpha value is 3.18. The topological polar surface area (TPSA) is 17.1 Å². The molecule has 0 aliphatic rings. The SMILES string of the molecule is [Cu].[Mn].[NaH].[O]=[Ti].[Zn]. The first-order valence-electron chi connectivity index (χ1n) is 0.204. The quantitative estimate of drug-likeness (QED) is 0.529. The van der Waals surface area contributed by atoms with Crippen molar-refractivity contribution in [1.29, 1.82) is 0 Å². The zero-order valence-corrected chi connectivity index (χ0v) is 8.95. The van der Waals surface area contributed by atoms with Crippen molar-refractivity contribution in [2.75, 3.05) is 0 Å². The van der Waals surface area contributed by atoms with E-state index in [0.717, 1.165) is 20.4 Å². The number of rotatable bonds is 0. The Bertz CT molecular complexity index is 15.5. The maximum Gasteiger partial charge on any atom is 0 e. The van der Waals surface area contributed by atoms with Gasteiger partial charge in [0.2, 0.25) is 0 Å². The molecule has 0 saturated heterocycles. The molecule has 1 nitrogen and oxygen atoms in total. The second kappa shape index (κ2) is 41.7. The molecule has 2 radical (unpaired) electrons. The molecule has 32 valence electrons. The second-order valence-corrected chi connectivity index (χ2v) is 0. The van der Waals surface area contributed by atoms with Crippen molar-refractivity contribution in [2.24, 2.45) is 0 Å². The summed E-state index contributed by atoms with van der Waals surface area (Å²) in [5.74, 6) is 0. The largest absolute Gasteiger partial charge is 0 e. The van der Waals surface area contributed by atoms with Crippen molar-refractivity contribution in [1.82, 2.24) is 0 Å². The van der Waals surface area contributed by atoms with Crippen molar-refractivity contribution >= 4 is 29.6 Å². The summed E-state index contributed by atoms with van der Waals surface area (Å²) in [7, 11) is 0. The Balaban J connectivity index is -0.000000000833. The van der Waals surface area contributed by atoms with Crippen LogP contribution in [0.15, 0.2) is 0 Å². The minimum Gasteiger partial charge on any atom is 0 e. The molecule has 0 aromatic carbocycles. The van der Waals surface area contributed by atoms with Gasteiger partial charge in [-0.15, -0.1) is 0 Å². The van der Waals surface area contributed by atoms with Crippen molar-refractivity contribution in [3.63, 3.8) is 0 Å². The summed E-state index contributed by atoms with van der Waals surface area (Å²) in [6, 6.07) is 0. The Morgan fingerprint density at radius 3 is 1.17 bits per heavy atom. The summed E-state index contributed by atoms with van der Waals surface area (Å²) in [6.45, 7) is 0. The molecule has 0 N–H and O–H groups in total. The molecule has 0 aromatic rings. The van der Waals surface area contributed by atoms with E-state index in [-0.39, 0.29) is 83.2 Å². The van der Waals surface area contributed by atoms with Crippen molar-refractivity contribution in [3.05, 3.63) is 0 Å². The smallest absolute Gasteiger partial charge is 0 e. The van der Waals surface area contributed by atoms with E-state index in [1.54, 1.807) is 0 Å². The number of hydrogen-bond donors (Lipinski definition) is 0. The van der Waals surface area contributed by atoms with Crippen LogP contribution < -0.4 is 0 Å². The second-order valence-electron chi connectivity index (χ2n) is 0. The monoisotopic (exact) mass is 270 g/mol. The van der Waals surface area contributed by atoms with Gasteiger partial charge in [-0.2, -0.15) is 0 Å². The third-order valence-electron chi connectivity index (χ3n) is 0. The average Bonchev–Trinajstić information content (AvgIpc) is 1.00. The Kier molecular flexibility index (Phi) is 245. The maximum absolute atomic E-state index is 8.25. The molecule has 0 rings (SSSR count). The van der Waals surface area contributed by atoms with Crippen LogP contribution in [0.25, 0.3) is 0 Å². The van der Waals surface area contributed by atoms with Crippen LogP contribution in [0.2, 0.25) is 0 Å². The molecule has 0 aliphatic heterocycles. The molecule has 6 heteroatoms. The van der Waals surface area contributed by atoms with E-state index < -0.39 is 0 Å². The molecule has 0 fully saturated rings. The van der Waals surface area contributed by atoms with Gasteiger partial charge in [0, 0.05) is 53.6 Å². The van der Waals surface area contributed by atoms with E-state index >= 15 is 0 Å². The van der Waals surface area contributed by atoms with Crippen molar-refractivity contribution < 1.29 is 77.3 Å². The molecule has 0 aromatic heterocycles. The summed E-state index contributed by atoms with van der Waals surface area (Å²) in [5, 5.41) is 0. The van der Waals surface area contributed by atoms with Gasteiger partial charge in [0.1, 0.15) is 0 Å². The van der Waals surface area contributed by atoms with Crippen LogP contribution in [-0.4, -0.2) is 29.6 Å². The zero-order chi connectivity index (χ0) is 2.00. The van der Waals surface area contributed by atoms with Crippen LogP contribution in [0.1, 0.15) is 0 Å². The molecule has 0 unspecified atom stereocenters. The molecule has 0 atom stereocenters. The number of hydrogen-bond acceptors (Lipinski definition) is 1. The van der Waals surface area contributed by atoms with Gasteiger partial charge in [-0.05, 0) is 0 Å². The minimum absolute atomic E-state index is 0. The molecule has 0 saturated carbocycles. The zero-order valence-electron chi connectivity index (χ0n) is 2.29. The van der Waals surface area contributed by atoms with E-state index in [4.69, 9.17) is 3.32 Å². The van der Waals surface area contributed by atoms with Gasteiger partial charge in [0.15, 0.2) is 0 Å². The van der Waals surface area contributed by atoms with Crippen LogP contribution in [-0.2, 0) is 77.3 Å². The Morgan fingerprint density at radius 2 is 1.17 bits per heavy atom. The third-order valence-corrected chi connectivity index (χ3v) is 0. The van der Waals surface area contributed by atoms with Gasteiger partial charge in [0.05, 0.1) is 0 Å². The standard InChI is InChI=1S/Cu.Mn.Na.O.Ti.Zn.H. The van der Waals surface area contributed by atoms with E-state index in [2.05, 4.69) is 0 Å². The molecule has 0 heterocycles. The summed E-state index contributed by atoms with van der Waals surface area (Å²) in [6.07, 6.45) is 0. The van der Waals surface area contributed by atoms with E-state index in [1.165, 1.54) is 0 Å². The normalized spacial score (nSPS) is 0.500. The fraction of sp³-hybridized carbons (Fsp3) is 0. The molecule has 0 aliphatic carbocycles. The van der Waals surface area contributed by atoms with Gasteiger partial charge >= 0.3 is 53.3 Å². The van der Waals surface area contributed by atoms with E-state index in [0.29, 0.717) is 0 Å². The van der Waals surface area contributed by atoms with Crippen LogP contribution in [0.5, 0.6) is 0 Å².